The van der Waals surface area contributed by atoms with Gasteiger partial charge in [0.25, 0.3) is 0 Å². The number of nitrogens with two attached hydrogens (primary N) is 2. The summed E-state index contributed by atoms with van der Waals surface area (Å²) >= 11 is 0. The van der Waals surface area contributed by atoms with Gasteiger partial charge in [0.1, 0.15) is 36.0 Å². The number of rotatable bonds is 24. The minimum atomic E-state index is -4.92. The minimum Gasteiger partial charge on any atom is -0.481 e. The van der Waals surface area contributed by atoms with Crippen LogP contribution in [0.15, 0.2) is 24.3 Å². The lowest BCUT2D eigenvalue weighted by atomic mass is 10.0. The number of carboxylic acids is 3. The molecule has 0 radical (unpaired) electrons. The number of hydrogen-bond acceptors (Lipinski definition) is 12. The molecule has 0 saturated heterocycles. The fourth-order valence-electron chi connectivity index (χ4n) is 4.69. The van der Waals surface area contributed by atoms with Crippen molar-refractivity contribution in [2.24, 2.45) is 17.4 Å². The second-order valence-electron chi connectivity index (χ2n) is 12.7. The van der Waals surface area contributed by atoms with Gasteiger partial charge in [-0.15, -0.1) is 0 Å². The normalized spacial score (nSPS) is 14.5. The van der Waals surface area contributed by atoms with Crippen LogP contribution in [-0.4, -0.2) is 115 Å². The highest BCUT2D eigenvalue weighted by Gasteiger charge is 2.33. The van der Waals surface area contributed by atoms with E-state index in [1.807, 2.05) is 0 Å². The summed E-state index contributed by atoms with van der Waals surface area (Å²) in [6.07, 6.45) is -3.45. The molecule has 24 heteroatoms. The van der Waals surface area contributed by atoms with E-state index in [1.54, 1.807) is 13.8 Å². The summed E-state index contributed by atoms with van der Waals surface area (Å²) in [5.74, 6) is -11.3. The molecule has 1 rings (SSSR count). The third-order valence-corrected chi connectivity index (χ3v) is 7.81. The third kappa shape index (κ3) is 18.8. The molecule has 1 aromatic rings. The van der Waals surface area contributed by atoms with Crippen LogP contribution in [0.25, 0.3) is 0 Å². The van der Waals surface area contributed by atoms with E-state index in [4.69, 9.17) is 26.4 Å². The molecule has 0 aromatic heterocycles. The minimum absolute atomic E-state index is 0.0988. The summed E-state index contributed by atoms with van der Waals surface area (Å²) < 4.78 is 15.7. The van der Waals surface area contributed by atoms with Gasteiger partial charge in [0.2, 0.25) is 35.4 Å². The van der Waals surface area contributed by atoms with E-state index in [1.165, 1.54) is 12.1 Å². The first kappa shape index (κ1) is 47.4. The van der Waals surface area contributed by atoms with Crippen molar-refractivity contribution >= 4 is 61.2 Å². The van der Waals surface area contributed by atoms with Gasteiger partial charge in [0, 0.05) is 12.8 Å². The Morgan fingerprint density at radius 3 is 1.65 bits per heavy atom. The predicted molar refractivity (Wildman–Crippen MR) is 186 cm³/mol. The van der Waals surface area contributed by atoms with Crippen LogP contribution in [0.1, 0.15) is 58.4 Å². The fraction of sp³-hybridized carbons (Fsp3) is 0.516. The van der Waals surface area contributed by atoms with Crippen molar-refractivity contribution in [3.63, 3.8) is 0 Å². The topological polar surface area (TPSA) is 393 Å². The number of hydrogen-bond donors (Lipinski definition) is 12. The summed E-state index contributed by atoms with van der Waals surface area (Å²) in [4.78, 5) is 130. The van der Waals surface area contributed by atoms with Gasteiger partial charge in [-0.1, -0.05) is 26.0 Å². The van der Waals surface area contributed by atoms with Gasteiger partial charge in [0.15, 0.2) is 0 Å². The molecule has 0 aliphatic carbocycles. The zero-order valence-electron chi connectivity index (χ0n) is 29.9. The summed E-state index contributed by atoms with van der Waals surface area (Å²) in [6, 6.07) is -4.59. The summed E-state index contributed by atoms with van der Waals surface area (Å²) in [5, 5.41) is 38.7. The first-order valence-corrected chi connectivity index (χ1v) is 18.0. The van der Waals surface area contributed by atoms with Crippen LogP contribution in [0.3, 0.4) is 0 Å². The van der Waals surface area contributed by atoms with Gasteiger partial charge in [-0.3, -0.25) is 52.9 Å². The number of aliphatic carboxylic acids is 3. The summed E-state index contributed by atoms with van der Waals surface area (Å²) in [6.45, 7) is 4.60. The van der Waals surface area contributed by atoms with E-state index < -0.39 is 123 Å². The molecule has 0 aliphatic rings. The van der Waals surface area contributed by atoms with Gasteiger partial charge in [-0.25, -0.2) is 4.57 Å². The SMILES string of the molecule is CC(C)C[C@H](NC(=O)[C@H](Cc1ccc(OP(=O)(O)O)cc1)NC(=O)[C@H](CCC(=O)O)NC(=O)[C@H](CC(=O)O)NC(=O)[C@H](C)NC(=O)[C@@H](N)CC(=O)O)C(N)=O. The number of nitrogens with one attached hydrogen (secondary N) is 5. The maximum Gasteiger partial charge on any atom is 0.524 e. The van der Waals surface area contributed by atoms with Gasteiger partial charge in [0.05, 0.1) is 18.9 Å². The molecular weight excluding hydrogens is 757 g/mol. The first-order chi connectivity index (χ1) is 25.4. The number of phosphoric acid groups is 1. The molecular formula is C31H46N7O16P. The van der Waals surface area contributed by atoms with Crippen LogP contribution in [0.4, 0.5) is 0 Å². The van der Waals surface area contributed by atoms with E-state index in [2.05, 4.69) is 31.1 Å². The van der Waals surface area contributed by atoms with Crippen molar-refractivity contribution in [1.29, 1.82) is 0 Å². The van der Waals surface area contributed by atoms with Gasteiger partial charge in [-0.05, 0) is 43.4 Å². The lowest BCUT2D eigenvalue weighted by Gasteiger charge is -2.26. The molecule has 0 bridgehead atoms. The number of carboxylic acid groups (broad SMARTS) is 3. The number of primary amides is 1. The Morgan fingerprint density at radius 2 is 1.16 bits per heavy atom. The number of carbonyl (C=O) groups is 9. The molecule has 0 spiro atoms. The van der Waals surface area contributed by atoms with Crippen LogP contribution in [0, 0.1) is 5.92 Å². The molecule has 0 heterocycles. The standard InChI is InChI=1S/C31H46N7O16P/c1-14(2)10-20(26(33)45)36-30(49)21(11-16-4-6-17(7-5-16)54-55(51,52)53)38-29(48)19(8-9-23(39)40)35-31(50)22(13-25(43)44)37-27(46)15(3)34-28(47)18(32)12-24(41)42/h4-7,14-15,18-22H,8-13,32H2,1-3H3,(H2,33,45)(H,34,47)(H,35,50)(H,36,49)(H,37,46)(H,38,48)(H,39,40)(H,41,42)(H,43,44)(H2,51,52,53)/t15-,18-,19-,20-,21-,22-/m0/s1. The molecule has 55 heavy (non-hydrogen) atoms. The molecule has 14 N–H and O–H groups in total. The highest BCUT2D eigenvalue weighted by atomic mass is 31.2. The highest BCUT2D eigenvalue weighted by molar-refractivity contribution is 7.46. The van der Waals surface area contributed by atoms with Crippen LogP contribution in [0.2, 0.25) is 0 Å². The Labute approximate surface area is 313 Å². The largest absolute Gasteiger partial charge is 0.524 e. The molecule has 0 aliphatic heterocycles. The van der Waals surface area contributed by atoms with Crippen LogP contribution in [0.5, 0.6) is 5.75 Å². The van der Waals surface area contributed by atoms with Gasteiger partial charge in [-0.2, -0.15) is 0 Å². The number of benzene rings is 1. The molecule has 1 aromatic carbocycles. The van der Waals surface area contributed by atoms with Crippen LogP contribution in [-0.2, 0) is 54.1 Å². The fourth-order valence-corrected chi connectivity index (χ4v) is 5.08. The Morgan fingerprint density at radius 1 is 0.673 bits per heavy atom. The highest BCUT2D eigenvalue weighted by Crippen LogP contribution is 2.37. The van der Waals surface area contributed by atoms with Crippen molar-refractivity contribution in [1.82, 2.24) is 26.6 Å². The lowest BCUT2D eigenvalue weighted by Crippen LogP contribution is -2.59. The smallest absolute Gasteiger partial charge is 0.481 e. The molecule has 23 nitrogen and oxygen atoms in total. The maximum atomic E-state index is 13.6. The zero-order valence-corrected chi connectivity index (χ0v) is 30.8. The van der Waals surface area contributed by atoms with Gasteiger partial charge < -0.3 is 57.9 Å². The lowest BCUT2D eigenvalue weighted by molar-refractivity contribution is -0.141. The Bertz CT molecular complexity index is 1630. The molecule has 6 atom stereocenters. The monoisotopic (exact) mass is 803 g/mol. The predicted octanol–water partition coefficient (Wildman–Crippen LogP) is -3.18. The summed E-state index contributed by atoms with van der Waals surface area (Å²) in [7, 11) is -4.92. The third-order valence-electron chi connectivity index (χ3n) is 7.36. The van der Waals surface area contributed by atoms with E-state index in [9.17, 15) is 57.9 Å². The second-order valence-corrected chi connectivity index (χ2v) is 13.8. The number of amides is 6. The zero-order chi connectivity index (χ0) is 42.2. The van der Waals surface area contributed by atoms with Crippen molar-refractivity contribution in [3.05, 3.63) is 29.8 Å². The van der Waals surface area contributed by atoms with E-state index in [0.717, 1.165) is 19.1 Å². The van der Waals surface area contributed by atoms with Gasteiger partial charge >= 0.3 is 25.7 Å². The van der Waals surface area contributed by atoms with E-state index in [0.29, 0.717) is 0 Å². The summed E-state index contributed by atoms with van der Waals surface area (Å²) in [5.41, 5.74) is 11.2. The number of phosphoric ester groups is 1. The Kier molecular flexibility index (Phi) is 18.9. The molecule has 0 fully saturated rings. The van der Waals surface area contributed by atoms with Crippen LogP contribution < -0.4 is 42.6 Å². The Balaban J connectivity index is 3.39. The Hall–Kier alpha value is -5.64. The van der Waals surface area contributed by atoms with Crippen molar-refractivity contribution in [2.75, 3.05) is 0 Å². The van der Waals surface area contributed by atoms with Crippen LogP contribution >= 0.6 is 7.82 Å². The average molecular weight is 804 g/mol. The van der Waals surface area contributed by atoms with Crippen molar-refractivity contribution in [3.8, 4) is 5.75 Å². The quantitative estimate of drug-likeness (QED) is 0.0458. The molecule has 306 valence electrons. The maximum absolute atomic E-state index is 13.6. The second kappa shape index (κ2) is 21.9. The number of carbonyl (C=O) groups excluding carboxylic acids is 6. The average Bonchev–Trinajstić information content (AvgIpc) is 3.04. The van der Waals surface area contributed by atoms with Crippen molar-refractivity contribution in [2.45, 2.75) is 95.5 Å². The molecule has 0 saturated carbocycles. The van der Waals surface area contributed by atoms with E-state index >= 15 is 0 Å². The van der Waals surface area contributed by atoms with Crippen molar-refractivity contribution < 1.29 is 77.3 Å². The molecule has 6 amide bonds. The van der Waals surface area contributed by atoms with E-state index in [-0.39, 0.29) is 30.1 Å². The molecule has 0 unspecified atom stereocenters. The first-order valence-electron chi connectivity index (χ1n) is 16.4.